The van der Waals surface area contributed by atoms with E-state index < -0.39 is 29.5 Å². The van der Waals surface area contributed by atoms with Crippen molar-refractivity contribution in [2.75, 3.05) is 25.4 Å². The van der Waals surface area contributed by atoms with Crippen molar-refractivity contribution in [3.8, 4) is 33.2 Å². The molecule has 3 aliphatic carbocycles. The summed E-state index contributed by atoms with van der Waals surface area (Å²) in [6.45, 7) is 8.72. The van der Waals surface area contributed by atoms with Crippen LogP contribution in [0.3, 0.4) is 0 Å². The van der Waals surface area contributed by atoms with Gasteiger partial charge in [-0.15, -0.1) is 21.5 Å². The lowest BCUT2D eigenvalue weighted by molar-refractivity contribution is -0.215. The number of nitrogens with one attached hydrogen (secondary N) is 3. The van der Waals surface area contributed by atoms with E-state index in [-0.39, 0.29) is 72.5 Å². The van der Waals surface area contributed by atoms with Crippen LogP contribution in [0.25, 0.3) is 21.7 Å². The number of aromatic hydroxyl groups is 1. The molecule has 0 radical (unpaired) electrons. The largest absolute Gasteiger partial charge is 0.507 e. The van der Waals surface area contributed by atoms with E-state index in [1.165, 1.54) is 4.90 Å². The van der Waals surface area contributed by atoms with Crippen molar-refractivity contribution in [2.45, 2.75) is 97.4 Å². The summed E-state index contributed by atoms with van der Waals surface area (Å²) in [5.74, 6) is -0.640. The van der Waals surface area contributed by atoms with Crippen LogP contribution in [0.1, 0.15) is 77.0 Å². The molecule has 4 aliphatic rings. The minimum absolute atomic E-state index is 0.0145. The topological polar surface area (TPSA) is 222 Å². The first-order valence-corrected chi connectivity index (χ1v) is 21.3. The van der Waals surface area contributed by atoms with Crippen molar-refractivity contribution >= 4 is 40.8 Å². The number of aryl methyl sites for hydroxylation is 1. The second kappa shape index (κ2) is 17.2. The number of hydrogen-bond donors (Lipinski definition) is 6. The SMILES string of the molecule is Cc1ncsc1-c1ccc(CNC(=O)[C@@H]2C[C@@H](O)CN2C(=O)[C@@H](NC(=O)CCCC(=O)NCC23CC(COc4cc(-c5ccccc5O)nnc4N)(C2)C3)C(C)(C)C)cc1. The van der Waals surface area contributed by atoms with E-state index in [2.05, 4.69) is 31.1 Å². The van der Waals surface area contributed by atoms with Gasteiger partial charge in [0.25, 0.3) is 0 Å². The maximum atomic E-state index is 14.0. The maximum absolute atomic E-state index is 14.0. The number of nitrogen functional groups attached to an aromatic ring is 1. The van der Waals surface area contributed by atoms with Crippen molar-refractivity contribution < 1.29 is 34.1 Å². The number of aliphatic hydroxyl groups excluding tert-OH is 1. The Morgan fingerprint density at radius 1 is 1.00 bits per heavy atom. The minimum Gasteiger partial charge on any atom is -0.507 e. The fraction of sp³-hybridized carbons (Fsp3) is 0.477. The molecule has 2 bridgehead atoms. The summed E-state index contributed by atoms with van der Waals surface area (Å²) in [5.41, 5.74) is 11.1. The van der Waals surface area contributed by atoms with Gasteiger partial charge >= 0.3 is 0 Å². The highest BCUT2D eigenvalue weighted by atomic mass is 32.1. The molecule has 16 heteroatoms. The van der Waals surface area contributed by atoms with Crippen LogP contribution < -0.4 is 26.4 Å². The standard InChI is InChI=1S/C44H54N8O7S/c1-26-37(60-25-48-26)28-14-12-27(13-15-28)18-46-40(57)32-16-29(53)19-52(32)41(58)38(42(2,3)4)49-36(56)11-7-10-35(55)47-23-43-20-44(21-43,22-43)24-59-34-17-31(50-51-39(34)45)30-8-5-6-9-33(30)54/h5-6,8-9,12-15,17,25,29,32,38,53-54H,7,10-11,16,18-24H2,1-4H3,(H2,45,51)(H,46,57)(H,47,55)(H,49,56)/t29-,32+,38-,43?,44?/m1/s1. The van der Waals surface area contributed by atoms with Crippen molar-refractivity contribution in [1.82, 2.24) is 36.0 Å². The number of benzene rings is 2. The van der Waals surface area contributed by atoms with Crippen molar-refractivity contribution in [2.24, 2.45) is 16.2 Å². The van der Waals surface area contributed by atoms with Crippen LogP contribution in [-0.4, -0.2) is 91.8 Å². The predicted octanol–water partition coefficient (Wildman–Crippen LogP) is 4.51. The predicted molar refractivity (Wildman–Crippen MR) is 226 cm³/mol. The van der Waals surface area contributed by atoms with Crippen LogP contribution in [0.4, 0.5) is 5.82 Å². The number of phenols is 1. The first-order valence-electron chi connectivity index (χ1n) is 20.4. The average molecular weight is 839 g/mol. The highest BCUT2D eigenvalue weighted by Gasteiger charge is 2.67. The van der Waals surface area contributed by atoms with Gasteiger partial charge < -0.3 is 41.5 Å². The molecule has 60 heavy (non-hydrogen) atoms. The molecule has 2 aromatic heterocycles. The molecule has 8 rings (SSSR count). The number of carbonyl (C=O) groups excluding carboxylic acids is 4. The molecule has 3 saturated carbocycles. The maximum Gasteiger partial charge on any atom is 0.246 e. The van der Waals surface area contributed by atoms with Crippen LogP contribution >= 0.6 is 11.3 Å². The van der Waals surface area contributed by atoms with Gasteiger partial charge in [-0.1, -0.05) is 57.2 Å². The van der Waals surface area contributed by atoms with Crippen molar-refractivity contribution in [3.63, 3.8) is 0 Å². The Kier molecular flexibility index (Phi) is 12.2. The Balaban J connectivity index is 0.829. The lowest BCUT2D eigenvalue weighted by Crippen LogP contribution is -2.67. The van der Waals surface area contributed by atoms with E-state index in [0.717, 1.165) is 41.0 Å². The second-order valence-electron chi connectivity index (χ2n) is 17.9. The van der Waals surface area contributed by atoms with E-state index in [1.54, 1.807) is 41.7 Å². The van der Waals surface area contributed by atoms with Crippen LogP contribution in [0.15, 0.2) is 60.1 Å². The lowest BCUT2D eigenvalue weighted by atomic mass is 9.35. The Bertz CT molecular complexity index is 2220. The number of thiazole rings is 1. The number of aliphatic hydroxyl groups is 1. The van der Waals surface area contributed by atoms with Gasteiger partial charge in [-0.3, -0.25) is 19.2 Å². The molecular weight excluding hydrogens is 785 g/mol. The molecule has 4 aromatic rings. The molecule has 7 N–H and O–H groups in total. The van der Waals surface area contributed by atoms with Gasteiger partial charge in [0.15, 0.2) is 11.6 Å². The van der Waals surface area contributed by atoms with Gasteiger partial charge in [0.2, 0.25) is 23.6 Å². The molecule has 3 atom stereocenters. The number of hydrogen-bond acceptors (Lipinski definition) is 12. The lowest BCUT2D eigenvalue weighted by Gasteiger charge is -2.70. The Labute approximate surface area is 353 Å². The monoisotopic (exact) mass is 838 g/mol. The quantitative estimate of drug-likeness (QED) is 0.0922. The van der Waals surface area contributed by atoms with Gasteiger partial charge in [-0.25, -0.2) is 4.98 Å². The number of aromatic nitrogens is 3. The number of anilines is 1. The molecule has 318 valence electrons. The number of nitrogens with two attached hydrogens (primary N) is 1. The summed E-state index contributed by atoms with van der Waals surface area (Å²) < 4.78 is 6.09. The number of amides is 4. The van der Waals surface area contributed by atoms with Gasteiger partial charge in [0.05, 0.1) is 28.8 Å². The number of nitrogens with zero attached hydrogens (tertiary/aromatic N) is 4. The van der Waals surface area contributed by atoms with E-state index in [0.29, 0.717) is 36.6 Å². The summed E-state index contributed by atoms with van der Waals surface area (Å²) in [5, 5.41) is 37.7. The van der Waals surface area contributed by atoms with Crippen LogP contribution in [-0.2, 0) is 25.7 Å². The highest BCUT2D eigenvalue weighted by Crippen LogP contribution is 2.73. The zero-order valence-electron chi connectivity index (χ0n) is 34.5. The summed E-state index contributed by atoms with van der Waals surface area (Å²) >= 11 is 1.57. The fourth-order valence-corrected chi connectivity index (χ4v) is 9.73. The normalized spacial score (nSPS) is 22.2. The van der Waals surface area contributed by atoms with Gasteiger partial charge in [0, 0.05) is 55.9 Å². The van der Waals surface area contributed by atoms with E-state index >= 15 is 0 Å². The van der Waals surface area contributed by atoms with Crippen molar-refractivity contribution in [1.29, 1.82) is 0 Å². The molecular formula is C44H54N8O7S. The molecule has 2 aromatic carbocycles. The third-order valence-corrected chi connectivity index (χ3v) is 12.9. The molecule has 1 saturated heterocycles. The molecule has 1 aliphatic heterocycles. The first-order chi connectivity index (χ1) is 28.5. The number of phenolic OH excluding ortho intramolecular Hbond substituents is 1. The summed E-state index contributed by atoms with van der Waals surface area (Å²) in [6.07, 6.45) is 2.46. The van der Waals surface area contributed by atoms with Crippen LogP contribution in [0.2, 0.25) is 0 Å². The third kappa shape index (κ3) is 9.39. The molecule has 4 fully saturated rings. The van der Waals surface area contributed by atoms with Gasteiger partial charge in [-0.05, 0) is 66.7 Å². The van der Waals surface area contributed by atoms with Gasteiger partial charge in [-0.2, -0.15) is 0 Å². The molecule has 0 spiro atoms. The Hall–Kier alpha value is -5.61. The number of rotatable bonds is 16. The zero-order chi connectivity index (χ0) is 42.8. The fourth-order valence-electron chi connectivity index (χ4n) is 8.92. The summed E-state index contributed by atoms with van der Waals surface area (Å²) in [4.78, 5) is 60.2. The minimum atomic E-state index is -0.951. The van der Waals surface area contributed by atoms with E-state index in [1.807, 2.05) is 57.5 Å². The van der Waals surface area contributed by atoms with Gasteiger partial charge in [0.1, 0.15) is 23.5 Å². The Morgan fingerprint density at radius 2 is 1.72 bits per heavy atom. The highest BCUT2D eigenvalue weighted by molar-refractivity contribution is 7.13. The number of para-hydroxylation sites is 1. The van der Waals surface area contributed by atoms with E-state index in [4.69, 9.17) is 10.5 Å². The first kappa shape index (κ1) is 42.5. The molecule has 15 nitrogen and oxygen atoms in total. The Morgan fingerprint density at radius 3 is 2.40 bits per heavy atom. The molecule has 3 heterocycles. The number of carbonyl (C=O) groups is 4. The zero-order valence-corrected chi connectivity index (χ0v) is 35.3. The van der Waals surface area contributed by atoms with E-state index in [9.17, 15) is 29.4 Å². The number of likely N-dealkylation sites (tertiary alicyclic amines) is 1. The number of ether oxygens (including phenoxy) is 1. The summed E-state index contributed by atoms with van der Waals surface area (Å²) in [6, 6.07) is 14.6. The second-order valence-corrected chi connectivity index (χ2v) is 18.7. The molecule has 4 amide bonds. The third-order valence-electron chi connectivity index (χ3n) is 11.9. The average Bonchev–Trinajstić information content (AvgIpc) is 3.80. The van der Waals surface area contributed by atoms with Crippen LogP contribution in [0, 0.1) is 23.2 Å². The smallest absolute Gasteiger partial charge is 0.246 e. The number of β-amino-alcohol motifs (C(OH)–C–C–N with tert-alkyl or cyclic N) is 1. The van der Waals surface area contributed by atoms with Crippen molar-refractivity contribution in [3.05, 3.63) is 71.4 Å². The molecule has 0 unspecified atom stereocenters. The summed E-state index contributed by atoms with van der Waals surface area (Å²) in [7, 11) is 0. The van der Waals surface area contributed by atoms with Crippen LogP contribution in [0.5, 0.6) is 11.5 Å².